The molecule has 1 aromatic carbocycles. The molecule has 0 atom stereocenters. The Kier molecular flexibility index (Phi) is 5.08. The molecular weight excluding hydrogens is 357 g/mol. The summed E-state index contributed by atoms with van der Waals surface area (Å²) in [7, 11) is 1.97. The Bertz CT molecular complexity index is 525. The predicted molar refractivity (Wildman–Crippen MR) is 85.0 cm³/mol. The first-order valence-corrected chi connectivity index (χ1v) is 7.84. The number of aromatic nitrogens is 2. The van der Waals surface area contributed by atoms with E-state index in [9.17, 15) is 0 Å². The molecule has 96 valence electrons. The molecule has 0 saturated heterocycles. The van der Waals surface area contributed by atoms with Crippen molar-refractivity contribution in [3.05, 3.63) is 32.3 Å². The summed E-state index contributed by atoms with van der Waals surface area (Å²) >= 11 is 4.09. The molecule has 0 aliphatic rings. The van der Waals surface area contributed by atoms with Crippen molar-refractivity contribution in [1.82, 2.24) is 15.5 Å². The van der Waals surface area contributed by atoms with Gasteiger partial charge in [0.05, 0.1) is 0 Å². The van der Waals surface area contributed by atoms with Crippen molar-refractivity contribution in [2.24, 2.45) is 0 Å². The van der Waals surface area contributed by atoms with Gasteiger partial charge in [0.15, 0.2) is 0 Å². The third kappa shape index (κ3) is 3.27. The summed E-state index contributed by atoms with van der Waals surface area (Å²) < 4.78 is 1.27. The van der Waals surface area contributed by atoms with Crippen LogP contribution in [-0.2, 0) is 6.42 Å². The number of hydrogen-bond donors (Lipinski definition) is 1. The van der Waals surface area contributed by atoms with Gasteiger partial charge in [-0.3, -0.25) is 0 Å². The molecule has 2 rings (SSSR count). The van der Waals surface area contributed by atoms with E-state index in [0.717, 1.165) is 29.4 Å². The first-order valence-electron chi connectivity index (χ1n) is 5.95. The van der Waals surface area contributed by atoms with Gasteiger partial charge in [-0.1, -0.05) is 29.5 Å². The Hall–Kier alpha value is -0.530. The molecule has 1 N–H and O–H groups in total. The fourth-order valence-corrected chi connectivity index (χ4v) is 3.40. The van der Waals surface area contributed by atoms with Crippen molar-refractivity contribution in [2.75, 3.05) is 13.6 Å². The number of nitrogens with zero attached hydrogens (tertiary/aromatic N) is 2. The molecule has 1 heterocycles. The maximum Gasteiger partial charge on any atom is 0.148 e. The van der Waals surface area contributed by atoms with Crippen LogP contribution < -0.4 is 5.32 Å². The van der Waals surface area contributed by atoms with Crippen molar-refractivity contribution < 1.29 is 0 Å². The molecule has 5 heteroatoms. The topological polar surface area (TPSA) is 37.8 Å². The number of rotatable bonds is 5. The third-order valence-corrected chi connectivity index (χ3v) is 5.15. The molecule has 1 aromatic heterocycles. The minimum atomic E-state index is 1.00. The summed E-state index contributed by atoms with van der Waals surface area (Å²) in [4.78, 5) is 0. The maximum absolute atomic E-state index is 4.31. The molecule has 0 fully saturated rings. The van der Waals surface area contributed by atoms with Gasteiger partial charge in [-0.25, -0.2) is 0 Å². The quantitative estimate of drug-likeness (QED) is 0.646. The maximum atomic E-state index is 4.31. The monoisotopic (exact) mass is 373 g/mol. The molecule has 18 heavy (non-hydrogen) atoms. The van der Waals surface area contributed by atoms with Gasteiger partial charge in [0.25, 0.3) is 0 Å². The third-order valence-electron chi connectivity index (χ3n) is 2.71. The molecule has 0 saturated carbocycles. The zero-order valence-electron chi connectivity index (χ0n) is 10.5. The van der Waals surface area contributed by atoms with Crippen LogP contribution in [0.2, 0.25) is 0 Å². The highest BCUT2D eigenvalue weighted by molar-refractivity contribution is 14.1. The number of benzene rings is 1. The molecular formula is C13H16IN3S. The Labute approximate surface area is 125 Å². The van der Waals surface area contributed by atoms with Crippen molar-refractivity contribution in [3.8, 4) is 10.6 Å². The van der Waals surface area contributed by atoms with Gasteiger partial charge in [-0.15, -0.1) is 10.2 Å². The molecule has 3 nitrogen and oxygen atoms in total. The van der Waals surface area contributed by atoms with Gasteiger partial charge in [0.2, 0.25) is 0 Å². The second-order valence-electron chi connectivity index (χ2n) is 4.14. The van der Waals surface area contributed by atoms with Gasteiger partial charge in [0, 0.05) is 15.6 Å². The normalized spacial score (nSPS) is 10.8. The smallest absolute Gasteiger partial charge is 0.148 e. The average molecular weight is 373 g/mol. The van der Waals surface area contributed by atoms with Crippen LogP contribution in [0.3, 0.4) is 0 Å². The van der Waals surface area contributed by atoms with Crippen LogP contribution in [0.1, 0.15) is 17.0 Å². The lowest BCUT2D eigenvalue weighted by Gasteiger charge is -2.02. The van der Waals surface area contributed by atoms with Crippen LogP contribution in [0.25, 0.3) is 10.6 Å². The minimum Gasteiger partial charge on any atom is -0.320 e. The highest BCUT2D eigenvalue weighted by Crippen LogP contribution is 2.30. The van der Waals surface area contributed by atoms with Crippen molar-refractivity contribution in [2.45, 2.75) is 19.8 Å². The van der Waals surface area contributed by atoms with E-state index in [1.54, 1.807) is 11.3 Å². The highest BCUT2D eigenvalue weighted by Gasteiger charge is 2.10. The Morgan fingerprint density at radius 3 is 2.94 bits per heavy atom. The van der Waals surface area contributed by atoms with Crippen LogP contribution in [0.4, 0.5) is 0 Å². The second-order valence-corrected chi connectivity index (χ2v) is 6.29. The van der Waals surface area contributed by atoms with Crippen molar-refractivity contribution >= 4 is 33.9 Å². The largest absolute Gasteiger partial charge is 0.320 e. The highest BCUT2D eigenvalue weighted by atomic mass is 127. The fraction of sp³-hybridized carbons (Fsp3) is 0.385. The van der Waals surface area contributed by atoms with Gasteiger partial charge in [-0.2, -0.15) is 0 Å². The van der Waals surface area contributed by atoms with E-state index < -0.39 is 0 Å². The molecule has 0 aliphatic carbocycles. The van der Waals surface area contributed by atoms with E-state index in [4.69, 9.17) is 0 Å². The summed E-state index contributed by atoms with van der Waals surface area (Å²) in [5.74, 6) is 0. The molecule has 0 aliphatic heterocycles. The first-order chi connectivity index (χ1) is 8.72. The van der Waals surface area contributed by atoms with Gasteiger partial charge in [-0.05, 0) is 55.1 Å². The predicted octanol–water partition coefficient (Wildman–Crippen LogP) is 3.27. The molecule has 0 unspecified atom stereocenters. The number of halogens is 1. The number of nitrogens with one attached hydrogen (secondary N) is 1. The molecule has 0 amide bonds. The molecule has 2 aromatic rings. The van der Waals surface area contributed by atoms with Gasteiger partial charge < -0.3 is 5.32 Å². The summed E-state index contributed by atoms with van der Waals surface area (Å²) in [5.41, 5.74) is 2.49. The summed E-state index contributed by atoms with van der Waals surface area (Å²) in [6, 6.07) is 6.32. The average Bonchev–Trinajstić information content (AvgIpc) is 2.82. The van der Waals surface area contributed by atoms with E-state index in [1.807, 2.05) is 7.05 Å². The lowest BCUT2D eigenvalue weighted by atomic mass is 10.1. The standard InChI is InChI=1S/C13H16IN3S/c1-9-5-3-6-10(12(9)14)13-17-16-11(18-13)7-4-8-15-2/h3,5-6,15H,4,7-8H2,1-2H3. The van der Waals surface area contributed by atoms with Crippen LogP contribution in [-0.4, -0.2) is 23.8 Å². The van der Waals surface area contributed by atoms with Crippen LogP contribution >= 0.6 is 33.9 Å². The van der Waals surface area contributed by atoms with E-state index in [-0.39, 0.29) is 0 Å². The van der Waals surface area contributed by atoms with Gasteiger partial charge in [0.1, 0.15) is 10.0 Å². The van der Waals surface area contributed by atoms with E-state index in [2.05, 4.69) is 63.2 Å². The lowest BCUT2D eigenvalue weighted by Crippen LogP contribution is -2.08. The van der Waals surface area contributed by atoms with Gasteiger partial charge >= 0.3 is 0 Å². The van der Waals surface area contributed by atoms with E-state index >= 15 is 0 Å². The van der Waals surface area contributed by atoms with E-state index in [1.165, 1.54) is 14.7 Å². The molecule has 0 spiro atoms. The van der Waals surface area contributed by atoms with Crippen LogP contribution in [0.5, 0.6) is 0 Å². The van der Waals surface area contributed by atoms with E-state index in [0.29, 0.717) is 0 Å². The zero-order valence-corrected chi connectivity index (χ0v) is 13.5. The summed E-state index contributed by atoms with van der Waals surface area (Å²) in [6.45, 7) is 3.15. The number of hydrogen-bond acceptors (Lipinski definition) is 4. The zero-order chi connectivity index (χ0) is 13.0. The Morgan fingerprint density at radius 1 is 1.33 bits per heavy atom. The first kappa shape index (κ1) is 13.9. The fourth-order valence-electron chi connectivity index (χ4n) is 1.69. The number of aryl methyl sites for hydroxylation is 2. The lowest BCUT2D eigenvalue weighted by molar-refractivity contribution is 0.718. The SMILES string of the molecule is CNCCCc1nnc(-c2cccc(C)c2I)s1. The van der Waals surface area contributed by atoms with Crippen LogP contribution in [0.15, 0.2) is 18.2 Å². The molecule has 0 radical (unpaired) electrons. The molecule has 0 bridgehead atoms. The summed E-state index contributed by atoms with van der Waals surface area (Å²) in [6.07, 6.45) is 2.11. The van der Waals surface area contributed by atoms with Crippen molar-refractivity contribution in [3.63, 3.8) is 0 Å². The Balaban J connectivity index is 2.16. The Morgan fingerprint density at radius 2 is 2.17 bits per heavy atom. The summed E-state index contributed by atoms with van der Waals surface area (Å²) in [5, 5.41) is 13.9. The second kappa shape index (κ2) is 6.58. The minimum absolute atomic E-state index is 1.00. The van der Waals surface area contributed by atoms with Crippen LogP contribution in [0, 0.1) is 10.5 Å². The van der Waals surface area contributed by atoms with Crippen molar-refractivity contribution in [1.29, 1.82) is 0 Å².